The van der Waals surface area contributed by atoms with E-state index in [1.165, 1.54) is 107 Å². The summed E-state index contributed by atoms with van der Waals surface area (Å²) in [5, 5.41) is 36.2. The number of imidazole rings is 3. The normalized spacial score (nSPS) is 17.7. The van der Waals surface area contributed by atoms with Crippen LogP contribution in [0.3, 0.4) is 0 Å². The summed E-state index contributed by atoms with van der Waals surface area (Å²) in [6.07, 6.45) is 19.4. The van der Waals surface area contributed by atoms with Crippen molar-refractivity contribution in [3.05, 3.63) is 97.3 Å². The molecule has 36 heteroatoms. The van der Waals surface area contributed by atoms with Gasteiger partial charge in [0, 0.05) is 232 Å². The number of amidine groups is 2. The molecule has 2 unspecified atom stereocenters. The molecule has 0 saturated carbocycles. The lowest BCUT2D eigenvalue weighted by molar-refractivity contribution is -0.913. The summed E-state index contributed by atoms with van der Waals surface area (Å²) >= 11 is 1.63. The maximum atomic E-state index is 7.25. The van der Waals surface area contributed by atoms with Crippen LogP contribution in [-0.2, 0) is 11.2 Å². The average Bonchev–Trinajstić information content (AvgIpc) is 1.76. The van der Waals surface area contributed by atoms with E-state index in [1.807, 2.05) is 103 Å². The summed E-state index contributed by atoms with van der Waals surface area (Å²) in [6.45, 7) is 102. The molecule has 0 aliphatic carbocycles. The van der Waals surface area contributed by atoms with Gasteiger partial charge in [-0.2, -0.15) is 0 Å². The predicted molar refractivity (Wildman–Crippen MR) is 638 cm³/mol. The van der Waals surface area contributed by atoms with Gasteiger partial charge in [0.25, 0.3) is 0 Å². The van der Waals surface area contributed by atoms with Crippen molar-refractivity contribution in [1.82, 2.24) is 94.7 Å². The third-order valence-electron chi connectivity index (χ3n) is 24.0. The van der Waals surface area contributed by atoms with Crippen LogP contribution in [0.1, 0.15) is 267 Å². The lowest BCUT2D eigenvalue weighted by Crippen LogP contribution is -2.58. The van der Waals surface area contributed by atoms with E-state index in [4.69, 9.17) is 38.5 Å². The van der Waals surface area contributed by atoms with Gasteiger partial charge in [-0.15, -0.1) is 11.3 Å². The van der Waals surface area contributed by atoms with Gasteiger partial charge in [-0.05, 0) is 261 Å². The Labute approximate surface area is 900 Å². The second-order valence-electron chi connectivity index (χ2n) is 44.6. The number of likely N-dealkylation sites (N-methyl/N-ethyl adjacent to an activating group) is 4. The fraction of sp³-hybridized carbons (Fsp3) is 0.757. The first-order valence-electron chi connectivity index (χ1n) is 55.1. The molecule has 848 valence electrons. The van der Waals surface area contributed by atoms with Crippen molar-refractivity contribution >= 4 is 74.6 Å². The largest absolute Gasteiger partial charge is 0.388 e. The number of nitrogens with zero attached hydrogens (tertiary/aromatic N) is 19. The van der Waals surface area contributed by atoms with Gasteiger partial charge in [-0.1, -0.05) is 87.4 Å². The van der Waals surface area contributed by atoms with Gasteiger partial charge in [-0.3, -0.25) is 35.1 Å². The first-order chi connectivity index (χ1) is 68.8. The molecule has 0 bridgehead atoms. The molecule has 7 saturated heterocycles. The average molecular weight is 2080 g/mol. The van der Waals surface area contributed by atoms with Crippen LogP contribution in [0.15, 0.2) is 106 Å². The van der Waals surface area contributed by atoms with Crippen LogP contribution >= 0.6 is 11.3 Å². The highest BCUT2D eigenvalue weighted by molar-refractivity contribution is 7.13. The van der Waals surface area contributed by atoms with Crippen molar-refractivity contribution in [3.8, 4) is 0 Å². The molecule has 19 N–H and O–H groups in total. The van der Waals surface area contributed by atoms with Crippen molar-refractivity contribution in [3.63, 3.8) is 0 Å². The topological polar surface area (TPSA) is 421 Å². The Balaban J connectivity index is 0. The molecular formula is C111H224N34OS+2. The Bertz CT molecular complexity index is 4040. The number of thiazole rings is 1. The van der Waals surface area contributed by atoms with E-state index < -0.39 is 0 Å². The number of morpholine rings is 1. The molecule has 0 spiro atoms. The second-order valence-corrected chi connectivity index (χ2v) is 45.5. The Hall–Kier alpha value is -8.85. The fourth-order valence-corrected chi connectivity index (χ4v) is 15.6. The monoisotopic (exact) mass is 2080 g/mol. The molecule has 0 radical (unpaired) electrons. The summed E-state index contributed by atoms with van der Waals surface area (Å²) in [5.41, 5.74) is 24.6. The number of para-hydroxylation sites is 2. The van der Waals surface area contributed by atoms with Crippen molar-refractivity contribution < 1.29 is 13.7 Å². The van der Waals surface area contributed by atoms with Crippen LogP contribution in [0.2, 0.25) is 0 Å². The number of hydrogen-bond donors (Lipinski definition) is 15. The number of nitrogens with two attached hydrogens (primary N) is 4. The van der Waals surface area contributed by atoms with Crippen LogP contribution < -0.4 is 54.8 Å². The van der Waals surface area contributed by atoms with Gasteiger partial charge >= 0.3 is 0 Å². The number of H-pyrrole nitrogens is 3. The number of aromatic nitrogens is 9. The second kappa shape index (κ2) is 80.1. The number of anilines is 4. The van der Waals surface area contributed by atoms with Crippen LogP contribution in [0.25, 0.3) is 11.0 Å². The van der Waals surface area contributed by atoms with Crippen LogP contribution in [0.5, 0.6) is 0 Å². The molecule has 6 aromatic rings. The van der Waals surface area contributed by atoms with Gasteiger partial charge in [0.2, 0.25) is 5.95 Å². The quantitative estimate of drug-likeness (QED) is 0.0170. The zero-order valence-electron chi connectivity index (χ0n) is 100. The number of piperidine rings is 1. The highest BCUT2D eigenvalue weighted by Gasteiger charge is 2.30. The number of nitrogens with one attached hydrogen (secondary N) is 11. The first kappa shape index (κ1) is 140. The molecule has 35 nitrogen and oxygen atoms in total. The molecule has 147 heavy (non-hydrogen) atoms. The van der Waals surface area contributed by atoms with Crippen molar-refractivity contribution in [2.45, 2.75) is 346 Å². The summed E-state index contributed by atoms with van der Waals surface area (Å²) in [4.78, 5) is 64.8. The molecule has 7 fully saturated rings. The zero-order chi connectivity index (χ0) is 112. The van der Waals surface area contributed by atoms with Gasteiger partial charge in [-0.25, -0.2) is 29.9 Å². The van der Waals surface area contributed by atoms with E-state index in [9.17, 15) is 0 Å². The minimum absolute atomic E-state index is 0.207. The van der Waals surface area contributed by atoms with Crippen LogP contribution in [0.4, 0.5) is 23.0 Å². The number of hydrogen-bond acceptors (Lipinski definition) is 25. The number of likely N-dealkylation sites (tertiary alicyclic amines) is 1. The standard InChI is InChI=1S/C11H25N2.C10H13N3.C9H20N4.C9H21N2.C8H18N4.C8H12N2.C8H17NO.C8H17N.C7H14N2.2C6H11N3.C6H10N2S.2C5H12N2.C5H11N/c1-5-8-13(4)9-6-12(7-10-13)11(2)3;1-7(2)11-10-12-8-5-3-4-6-9(8)13-10;1-8(2)11-9(10)13-6-4-12(3)5-7-13;1-9(2)10-5-7-11(3,4)8-6-10;1-7(2)11-3-5-12(6-4-11)8(9)10;1-7(2)6-8-9-4-3-5-10-8;1-7(2)8-6-9(3)4-5-10-8;1-8(2)9-6-4-3-5-7-9;1-5(2)7-4-8-6(3)9-7;2*1-5(2)9-6-7-3-4-8-6;1-5(2)8-6-7-3-4-9-6;2*1-4(2)7-5(3)6;1-4(2)5(3)6/h11H,5-10H2,1-4H3;3-7H,1-2H3,(H2,11,12,13);8H,4-7H2,1-3H3,(H2,10,11);9H,5-8H2,1-4H3;7H,3-6H2,1-2H3,(H3,9,10);3-5,7H,6H2,1-2H3;7-8H,4-6H2,1-3H3;8H,3-7H2,1-2H3;5,7-9H,3-4H2,1-2H3;2*3-5H,1-2H3,(H2,7,8,9);3-5H,1-2H3,(H,7,8);2*4H,1-3H3,(H2,6,7);4,6H,1-3H3/q+1;;;+1;;;;;;;;;;;. The number of guanidine groups is 2. The van der Waals surface area contributed by atoms with Crippen LogP contribution in [-0.4, -0.2) is 387 Å². The number of fused-ring (bicyclic) bond motifs is 1. The number of quaternary nitrogens is 2. The number of ether oxygens (including phenoxy) is 1. The maximum absolute atomic E-state index is 7.25. The molecular weight excluding hydrogens is 1860 g/mol. The van der Waals surface area contributed by atoms with Gasteiger partial charge in [0.1, 0.15) is 5.82 Å². The van der Waals surface area contributed by atoms with Crippen molar-refractivity contribution in [2.24, 2.45) is 61.6 Å². The smallest absolute Gasteiger partial charge is 0.201 e. The summed E-state index contributed by atoms with van der Waals surface area (Å²) in [5.74, 6) is 9.08. The lowest BCUT2D eigenvalue weighted by atomic mass is 10.1. The highest BCUT2D eigenvalue weighted by Crippen LogP contribution is 2.19. The van der Waals surface area contributed by atoms with E-state index in [-0.39, 0.29) is 5.96 Å². The van der Waals surface area contributed by atoms with Crippen LogP contribution in [0, 0.1) is 34.5 Å². The minimum atomic E-state index is 0.207. The van der Waals surface area contributed by atoms with Gasteiger partial charge in [0.15, 0.2) is 28.9 Å². The molecule has 5 aromatic heterocycles. The first-order valence-corrected chi connectivity index (χ1v) is 55.9. The minimum Gasteiger partial charge on any atom is -0.388 e. The van der Waals surface area contributed by atoms with E-state index in [0.717, 1.165) is 155 Å². The molecule has 7 aliphatic heterocycles. The molecule has 2 atom stereocenters. The molecule has 0 amide bonds. The Morgan fingerprint density at radius 1 is 0.503 bits per heavy atom. The number of piperazine rings is 4. The maximum Gasteiger partial charge on any atom is 0.201 e. The van der Waals surface area contributed by atoms with E-state index in [2.05, 4.69) is 327 Å². The van der Waals surface area contributed by atoms with Crippen molar-refractivity contribution in [1.29, 1.82) is 10.8 Å². The van der Waals surface area contributed by atoms with Crippen molar-refractivity contribution in [2.75, 3.05) is 207 Å². The summed E-state index contributed by atoms with van der Waals surface area (Å²) in [6, 6.07) is 16.0. The molecule has 7 aliphatic rings. The van der Waals surface area contributed by atoms with Gasteiger partial charge in [0.05, 0.1) is 95.1 Å². The Morgan fingerprint density at radius 2 is 0.946 bits per heavy atom. The third kappa shape index (κ3) is 75.5. The van der Waals surface area contributed by atoms with E-state index >= 15 is 0 Å². The highest BCUT2D eigenvalue weighted by atomic mass is 32.1. The SMILES string of the molecule is C=C1NCC(C(C)C)N1.CC(=N)C(C)C.CC(C)C1CN(C)CCO1.CC(C)Cc1ncccn1.CC(C)N1CCCCC1.CC(C)N1CCN(C(=N)N)CC1.CC(C)N1CC[N+](C)(C)CC1.CC(C)N=C(N)N1CCN(C)CC1.CC(C)Nc1nc2ccccc2[nH]1.CC(C)Nc1ncc[nH]1.CC(C)Nc1ncc[nH]1.CC(C)Nc1nccs1.CC(N)=NC(C)C.CC(N)=NC(C)C.CCC[N+]1(C)CCN(C(C)C)CC1. The number of aromatic amines is 3. The molecule has 13 rings (SSSR count). The summed E-state index contributed by atoms with van der Waals surface area (Å²) in [7, 11) is 11.3. The Kier molecular flexibility index (Phi) is 76.4. The van der Waals surface area contributed by atoms with E-state index in [0.29, 0.717) is 102 Å². The molecule has 1 aromatic carbocycles. The number of benzene rings is 1. The zero-order valence-corrected chi connectivity index (χ0v) is 101. The predicted octanol–water partition coefficient (Wildman–Crippen LogP) is 17.5. The number of aliphatic imine (C=N–C) groups is 3. The molecule has 12 heterocycles. The number of rotatable bonds is 22. The fourth-order valence-electron chi connectivity index (χ4n) is 14.9. The lowest BCUT2D eigenvalue weighted by Gasteiger charge is -2.43. The summed E-state index contributed by atoms with van der Waals surface area (Å²) < 4.78 is 8.06. The van der Waals surface area contributed by atoms with E-state index in [1.54, 1.807) is 68.6 Å². The third-order valence-corrected chi connectivity index (χ3v) is 24.7. The van der Waals surface area contributed by atoms with Gasteiger partial charge < -0.3 is 113 Å². The Morgan fingerprint density at radius 3 is 1.28 bits per heavy atom.